The highest BCUT2D eigenvalue weighted by Gasteiger charge is 2.30. The number of nitrogens with one attached hydrogen (secondary N) is 1. The molecule has 1 aromatic heterocycles. The van der Waals surface area contributed by atoms with Crippen LogP contribution in [-0.4, -0.2) is 43.4 Å². The molecule has 0 saturated carbocycles. The van der Waals surface area contributed by atoms with Gasteiger partial charge in [-0.1, -0.05) is 18.2 Å². The minimum absolute atomic E-state index is 0.0971. The summed E-state index contributed by atoms with van der Waals surface area (Å²) in [7, 11) is -1.87. The van der Waals surface area contributed by atoms with Crippen LogP contribution >= 0.6 is 0 Å². The summed E-state index contributed by atoms with van der Waals surface area (Å²) in [5, 5.41) is 0. The van der Waals surface area contributed by atoms with Gasteiger partial charge in [0.1, 0.15) is 5.69 Å². The predicted octanol–water partition coefficient (Wildman–Crippen LogP) is 0.921. The summed E-state index contributed by atoms with van der Waals surface area (Å²) in [5.41, 5.74) is 0.629. The summed E-state index contributed by atoms with van der Waals surface area (Å²) in [6.45, 7) is 0.749. The van der Waals surface area contributed by atoms with Gasteiger partial charge in [0.05, 0.1) is 10.9 Å². The first kappa shape index (κ1) is 14.8. The van der Waals surface area contributed by atoms with Crippen LogP contribution in [0.3, 0.4) is 0 Å². The Kier molecular flexibility index (Phi) is 3.76. The van der Waals surface area contributed by atoms with E-state index in [4.69, 9.17) is 0 Å². The molecule has 1 aromatic carbocycles. The third kappa shape index (κ3) is 2.65. The van der Waals surface area contributed by atoms with E-state index in [0.717, 1.165) is 0 Å². The summed E-state index contributed by atoms with van der Waals surface area (Å²) < 4.78 is 28.9. The Hall–Kier alpha value is -2.12. The number of fused-ring (bicyclic) bond motifs is 1. The molecular formula is C15H17N3O3S. The average Bonchev–Trinajstić information content (AvgIpc) is 2.99. The molecule has 2 aromatic rings. The van der Waals surface area contributed by atoms with E-state index in [-0.39, 0.29) is 23.4 Å². The Balaban J connectivity index is 1.74. The van der Waals surface area contributed by atoms with E-state index in [1.165, 1.54) is 0 Å². The molecule has 1 amide bonds. The van der Waals surface area contributed by atoms with Crippen LogP contribution in [0.1, 0.15) is 10.5 Å². The van der Waals surface area contributed by atoms with Crippen molar-refractivity contribution in [3.8, 4) is 0 Å². The van der Waals surface area contributed by atoms with Gasteiger partial charge in [-0.25, -0.2) is 13.1 Å². The highest BCUT2D eigenvalue weighted by atomic mass is 32.2. The number of nitrogens with zero attached hydrogens (tertiary/aromatic N) is 2. The minimum Gasteiger partial charge on any atom is -0.341 e. The van der Waals surface area contributed by atoms with E-state index in [0.29, 0.717) is 12.2 Å². The van der Waals surface area contributed by atoms with E-state index < -0.39 is 10.0 Å². The highest BCUT2D eigenvalue weighted by molar-refractivity contribution is 7.89. The number of hydrogen-bond acceptors (Lipinski definition) is 3. The highest BCUT2D eigenvalue weighted by Crippen LogP contribution is 2.17. The molecule has 1 N–H and O–H groups in total. The first-order chi connectivity index (χ1) is 10.5. The topological polar surface area (TPSA) is 71.4 Å². The number of benzene rings is 1. The second-order valence-corrected chi connectivity index (χ2v) is 7.05. The molecule has 1 atom stereocenters. The maximum absolute atomic E-state index is 12.2. The van der Waals surface area contributed by atoms with Crippen molar-refractivity contribution < 1.29 is 13.2 Å². The molecule has 22 heavy (non-hydrogen) atoms. The zero-order chi connectivity index (χ0) is 15.7. The van der Waals surface area contributed by atoms with Gasteiger partial charge in [-0.05, 0) is 24.3 Å². The molecule has 1 unspecified atom stereocenters. The maximum atomic E-state index is 12.2. The lowest BCUT2D eigenvalue weighted by molar-refractivity contribution is 0.0661. The van der Waals surface area contributed by atoms with E-state index in [1.807, 2.05) is 16.8 Å². The molecule has 1 aliphatic heterocycles. The summed E-state index contributed by atoms with van der Waals surface area (Å²) in [5.74, 6) is -0.0971. The van der Waals surface area contributed by atoms with Gasteiger partial charge in [0.25, 0.3) is 5.91 Å². The van der Waals surface area contributed by atoms with Crippen LogP contribution < -0.4 is 4.72 Å². The fourth-order valence-corrected chi connectivity index (χ4v) is 3.65. The number of sulfonamides is 1. The molecule has 3 rings (SSSR count). The predicted molar refractivity (Wildman–Crippen MR) is 81.9 cm³/mol. The van der Waals surface area contributed by atoms with Crippen molar-refractivity contribution >= 4 is 15.9 Å². The van der Waals surface area contributed by atoms with E-state index >= 15 is 0 Å². The Bertz CT molecular complexity index is 783. The van der Waals surface area contributed by atoms with Gasteiger partial charge in [-0.3, -0.25) is 4.79 Å². The van der Waals surface area contributed by atoms with Crippen molar-refractivity contribution in [2.75, 3.05) is 13.6 Å². The molecule has 0 spiro atoms. The number of carbonyl (C=O) groups excluding carboxylic acids is 1. The number of carbonyl (C=O) groups is 1. The summed E-state index contributed by atoms with van der Waals surface area (Å²) in [4.78, 5) is 14.0. The Labute approximate surface area is 129 Å². The quantitative estimate of drug-likeness (QED) is 0.911. The van der Waals surface area contributed by atoms with Crippen LogP contribution in [0, 0.1) is 0 Å². The van der Waals surface area contributed by atoms with Crippen molar-refractivity contribution in [2.45, 2.75) is 17.5 Å². The molecule has 1 aliphatic rings. The Morgan fingerprint density at radius 3 is 2.64 bits per heavy atom. The van der Waals surface area contributed by atoms with Crippen molar-refractivity contribution in [1.29, 1.82) is 0 Å². The molecule has 7 heteroatoms. The van der Waals surface area contributed by atoms with Crippen LogP contribution in [-0.2, 0) is 16.6 Å². The fraction of sp³-hybridized carbons (Fsp3) is 0.267. The number of aromatic nitrogens is 1. The zero-order valence-corrected chi connectivity index (χ0v) is 13.0. The van der Waals surface area contributed by atoms with Crippen LogP contribution in [0.2, 0.25) is 0 Å². The normalized spacial score (nSPS) is 18.3. The third-order valence-electron chi connectivity index (χ3n) is 3.89. The molecular weight excluding hydrogens is 302 g/mol. The van der Waals surface area contributed by atoms with E-state index in [9.17, 15) is 13.2 Å². The van der Waals surface area contributed by atoms with Crippen molar-refractivity contribution in [3.63, 3.8) is 0 Å². The SMILES string of the molecule is CN1C(=O)c2cccn2CC1CNS(=O)(=O)c1ccccc1. The number of hydrogen-bond donors (Lipinski definition) is 1. The van der Waals surface area contributed by atoms with Gasteiger partial charge in [0.2, 0.25) is 10.0 Å². The monoisotopic (exact) mass is 319 g/mol. The minimum atomic E-state index is -3.56. The van der Waals surface area contributed by atoms with Crippen molar-refractivity contribution in [3.05, 3.63) is 54.4 Å². The van der Waals surface area contributed by atoms with Gasteiger partial charge in [-0.2, -0.15) is 0 Å². The molecule has 0 radical (unpaired) electrons. The molecule has 0 saturated heterocycles. The molecule has 0 aliphatic carbocycles. The maximum Gasteiger partial charge on any atom is 0.270 e. The smallest absolute Gasteiger partial charge is 0.270 e. The van der Waals surface area contributed by atoms with Crippen LogP contribution in [0.4, 0.5) is 0 Å². The molecule has 116 valence electrons. The first-order valence-electron chi connectivity index (χ1n) is 6.96. The van der Waals surface area contributed by atoms with Crippen LogP contribution in [0.5, 0.6) is 0 Å². The summed E-state index contributed by atoms with van der Waals surface area (Å²) >= 11 is 0. The zero-order valence-electron chi connectivity index (χ0n) is 12.1. The van der Waals surface area contributed by atoms with Gasteiger partial charge in [0, 0.05) is 26.3 Å². The van der Waals surface area contributed by atoms with Crippen LogP contribution in [0.25, 0.3) is 0 Å². The average molecular weight is 319 g/mol. The summed E-state index contributed by atoms with van der Waals surface area (Å²) in [6, 6.07) is 11.6. The Morgan fingerprint density at radius 1 is 1.18 bits per heavy atom. The molecule has 0 fully saturated rings. The number of rotatable bonds is 4. The second kappa shape index (κ2) is 5.58. The van der Waals surface area contributed by atoms with Gasteiger partial charge in [-0.15, -0.1) is 0 Å². The molecule has 0 bridgehead atoms. The lowest BCUT2D eigenvalue weighted by Gasteiger charge is -2.33. The first-order valence-corrected chi connectivity index (χ1v) is 8.44. The lowest BCUT2D eigenvalue weighted by atomic mass is 10.2. The standard InChI is InChI=1S/C15H17N3O3S/c1-17-12(11-18-9-5-8-14(18)15(17)19)10-16-22(20,21)13-6-3-2-4-7-13/h2-9,12,16H,10-11H2,1H3. The van der Waals surface area contributed by atoms with Crippen molar-refractivity contribution in [1.82, 2.24) is 14.2 Å². The van der Waals surface area contributed by atoms with Crippen molar-refractivity contribution in [2.24, 2.45) is 0 Å². The van der Waals surface area contributed by atoms with Gasteiger partial charge in [0.15, 0.2) is 0 Å². The second-order valence-electron chi connectivity index (χ2n) is 5.28. The molecule has 6 nitrogen and oxygen atoms in total. The van der Waals surface area contributed by atoms with Gasteiger partial charge < -0.3 is 9.47 Å². The fourth-order valence-electron chi connectivity index (χ4n) is 2.55. The lowest BCUT2D eigenvalue weighted by Crippen LogP contribution is -2.50. The Morgan fingerprint density at radius 2 is 1.91 bits per heavy atom. The van der Waals surface area contributed by atoms with E-state index in [2.05, 4.69) is 4.72 Å². The summed E-state index contributed by atoms with van der Waals surface area (Å²) in [6.07, 6.45) is 1.83. The largest absolute Gasteiger partial charge is 0.341 e. The number of amides is 1. The van der Waals surface area contributed by atoms with Gasteiger partial charge >= 0.3 is 0 Å². The third-order valence-corrected chi connectivity index (χ3v) is 5.33. The number of likely N-dealkylation sites (N-methyl/N-ethyl adjacent to an activating group) is 1. The van der Waals surface area contributed by atoms with Crippen LogP contribution in [0.15, 0.2) is 53.6 Å². The molecule has 2 heterocycles. The van der Waals surface area contributed by atoms with E-state index in [1.54, 1.807) is 48.3 Å².